The van der Waals surface area contributed by atoms with E-state index in [1.807, 2.05) is 18.2 Å². The lowest BCUT2D eigenvalue weighted by Crippen LogP contribution is -1.98. The third-order valence-electron chi connectivity index (χ3n) is 7.09. The molecule has 4 heteroatoms. The van der Waals surface area contributed by atoms with Gasteiger partial charge in [-0.15, -0.1) is 0 Å². The highest BCUT2D eigenvalue weighted by Gasteiger charge is 2.17. The van der Waals surface area contributed by atoms with Crippen molar-refractivity contribution in [2.75, 3.05) is 0 Å². The van der Waals surface area contributed by atoms with E-state index in [9.17, 15) is 0 Å². The van der Waals surface area contributed by atoms with Crippen LogP contribution in [-0.2, 0) is 0 Å². The summed E-state index contributed by atoms with van der Waals surface area (Å²) in [4.78, 5) is 10.1. The third kappa shape index (κ3) is 2.64. The molecule has 0 radical (unpaired) electrons. The highest BCUT2D eigenvalue weighted by atomic mass is 15.1. The SMILES string of the molecule is c1ccc(-n2c(-c3ccc4c(c3)c3ccccc3c3nc5ccccc5n43)nc3ccccc32)cc1. The molecule has 3 aromatic heterocycles. The monoisotopic (exact) mass is 460 g/mol. The zero-order valence-electron chi connectivity index (χ0n) is 19.3. The summed E-state index contributed by atoms with van der Waals surface area (Å²) in [6.07, 6.45) is 0. The smallest absolute Gasteiger partial charge is 0.146 e. The van der Waals surface area contributed by atoms with Crippen LogP contribution in [0.5, 0.6) is 0 Å². The molecule has 4 nitrogen and oxygen atoms in total. The van der Waals surface area contributed by atoms with Gasteiger partial charge in [-0.2, -0.15) is 0 Å². The molecule has 0 N–H and O–H groups in total. The van der Waals surface area contributed by atoms with Gasteiger partial charge in [-0.05, 0) is 60.0 Å². The Kier molecular flexibility index (Phi) is 3.91. The molecule has 36 heavy (non-hydrogen) atoms. The van der Waals surface area contributed by atoms with Gasteiger partial charge >= 0.3 is 0 Å². The molecule has 168 valence electrons. The molecule has 0 unspecified atom stereocenters. The van der Waals surface area contributed by atoms with Crippen LogP contribution in [0.2, 0.25) is 0 Å². The maximum absolute atomic E-state index is 5.09. The molecule has 0 aliphatic rings. The number of para-hydroxylation sites is 5. The van der Waals surface area contributed by atoms with Crippen molar-refractivity contribution >= 4 is 49.4 Å². The van der Waals surface area contributed by atoms with Gasteiger partial charge in [0.25, 0.3) is 0 Å². The molecular formula is C32H20N4. The van der Waals surface area contributed by atoms with Gasteiger partial charge in [-0.3, -0.25) is 8.97 Å². The number of fused-ring (bicyclic) bond motifs is 9. The first-order chi connectivity index (χ1) is 17.9. The second-order valence-corrected chi connectivity index (χ2v) is 9.13. The van der Waals surface area contributed by atoms with E-state index in [0.717, 1.165) is 55.7 Å². The van der Waals surface area contributed by atoms with Crippen molar-refractivity contribution < 1.29 is 0 Å². The summed E-state index contributed by atoms with van der Waals surface area (Å²) in [6, 6.07) is 42.4. The molecule has 0 saturated carbocycles. The van der Waals surface area contributed by atoms with Crippen molar-refractivity contribution in [1.82, 2.24) is 18.9 Å². The zero-order valence-corrected chi connectivity index (χ0v) is 19.3. The van der Waals surface area contributed by atoms with Gasteiger partial charge < -0.3 is 0 Å². The Morgan fingerprint density at radius 1 is 0.472 bits per heavy atom. The van der Waals surface area contributed by atoms with Crippen molar-refractivity contribution in [3.05, 3.63) is 121 Å². The van der Waals surface area contributed by atoms with E-state index in [0.29, 0.717) is 0 Å². The molecule has 0 saturated heterocycles. The number of pyridine rings is 1. The minimum absolute atomic E-state index is 0.934. The molecule has 0 bridgehead atoms. The van der Waals surface area contributed by atoms with E-state index in [1.165, 1.54) is 10.8 Å². The van der Waals surface area contributed by atoms with E-state index in [2.05, 4.69) is 112 Å². The number of hydrogen-bond acceptors (Lipinski definition) is 2. The molecule has 0 aliphatic heterocycles. The minimum atomic E-state index is 0.934. The van der Waals surface area contributed by atoms with E-state index in [4.69, 9.17) is 9.97 Å². The van der Waals surface area contributed by atoms with Gasteiger partial charge in [-0.1, -0.05) is 66.7 Å². The second kappa shape index (κ2) is 7.27. The summed E-state index contributed by atoms with van der Waals surface area (Å²) in [6.45, 7) is 0. The van der Waals surface area contributed by atoms with Gasteiger partial charge in [0.15, 0.2) is 0 Å². The second-order valence-electron chi connectivity index (χ2n) is 9.13. The summed E-state index contributed by atoms with van der Waals surface area (Å²) in [5, 5.41) is 3.53. The van der Waals surface area contributed by atoms with Crippen LogP contribution in [0.15, 0.2) is 121 Å². The summed E-state index contributed by atoms with van der Waals surface area (Å²) < 4.78 is 4.54. The van der Waals surface area contributed by atoms with E-state index in [-0.39, 0.29) is 0 Å². The first kappa shape index (κ1) is 19.4. The van der Waals surface area contributed by atoms with Crippen LogP contribution in [0.4, 0.5) is 0 Å². The van der Waals surface area contributed by atoms with Crippen molar-refractivity contribution in [2.45, 2.75) is 0 Å². The maximum Gasteiger partial charge on any atom is 0.146 e. The summed E-state index contributed by atoms with van der Waals surface area (Å²) in [7, 11) is 0. The van der Waals surface area contributed by atoms with E-state index < -0.39 is 0 Å². The predicted molar refractivity (Wildman–Crippen MR) is 148 cm³/mol. The van der Waals surface area contributed by atoms with Gasteiger partial charge in [0.1, 0.15) is 11.5 Å². The molecular weight excluding hydrogens is 440 g/mol. The first-order valence-corrected chi connectivity index (χ1v) is 12.1. The van der Waals surface area contributed by atoms with Gasteiger partial charge in [-0.25, -0.2) is 9.97 Å². The standard InChI is InChI=1S/C32H20N4/c1-2-10-22(11-3-1)35-29-16-8-6-14-26(29)33-31(35)21-18-19-28-25(20-21)23-12-4-5-13-24(23)32-34-27-15-7-9-17-30(27)36(28)32/h1-20H. The number of rotatable bonds is 2. The Morgan fingerprint density at radius 2 is 1.14 bits per heavy atom. The fourth-order valence-corrected chi connectivity index (χ4v) is 5.51. The summed E-state index contributed by atoms with van der Waals surface area (Å²) in [5.41, 5.74) is 8.51. The van der Waals surface area contributed by atoms with Crippen LogP contribution < -0.4 is 0 Å². The Morgan fingerprint density at radius 3 is 1.97 bits per heavy atom. The Balaban J connectivity index is 1.50. The number of hydrogen-bond donors (Lipinski definition) is 0. The van der Waals surface area contributed by atoms with Crippen LogP contribution in [0.3, 0.4) is 0 Å². The van der Waals surface area contributed by atoms with Crippen LogP contribution in [0.25, 0.3) is 66.5 Å². The average molecular weight is 461 g/mol. The average Bonchev–Trinajstić information content (AvgIpc) is 3.53. The Labute approximate surface area is 206 Å². The summed E-state index contributed by atoms with van der Waals surface area (Å²) in [5.74, 6) is 0.934. The molecule has 0 amide bonds. The van der Waals surface area contributed by atoms with Gasteiger partial charge in [0.2, 0.25) is 0 Å². The molecule has 0 spiro atoms. The number of benzene rings is 5. The largest absolute Gasteiger partial charge is 0.292 e. The summed E-state index contributed by atoms with van der Waals surface area (Å²) >= 11 is 0. The van der Waals surface area contributed by atoms with Crippen LogP contribution >= 0.6 is 0 Å². The van der Waals surface area contributed by atoms with E-state index in [1.54, 1.807) is 0 Å². The van der Waals surface area contributed by atoms with Crippen molar-refractivity contribution in [3.8, 4) is 17.1 Å². The number of nitrogens with zero attached hydrogens (tertiary/aromatic N) is 4. The molecule has 3 heterocycles. The maximum atomic E-state index is 5.09. The Hall–Kier alpha value is -4.96. The highest BCUT2D eigenvalue weighted by molar-refractivity contribution is 6.14. The fourth-order valence-electron chi connectivity index (χ4n) is 5.51. The lowest BCUT2D eigenvalue weighted by Gasteiger charge is -2.13. The molecule has 0 fully saturated rings. The predicted octanol–water partition coefficient (Wildman–Crippen LogP) is 7.80. The molecule has 0 aliphatic carbocycles. The normalized spacial score (nSPS) is 11.9. The van der Waals surface area contributed by atoms with E-state index >= 15 is 0 Å². The highest BCUT2D eigenvalue weighted by Crippen LogP contribution is 2.36. The molecule has 5 aromatic carbocycles. The first-order valence-electron chi connectivity index (χ1n) is 12.1. The molecule has 8 rings (SSSR count). The van der Waals surface area contributed by atoms with Crippen molar-refractivity contribution in [2.24, 2.45) is 0 Å². The Bertz CT molecular complexity index is 2100. The topological polar surface area (TPSA) is 35.1 Å². The fraction of sp³-hybridized carbons (Fsp3) is 0. The number of aromatic nitrogens is 4. The number of imidazole rings is 2. The lowest BCUT2D eigenvalue weighted by molar-refractivity contribution is 1.10. The quantitative estimate of drug-likeness (QED) is 0.247. The van der Waals surface area contributed by atoms with Crippen LogP contribution in [0.1, 0.15) is 0 Å². The third-order valence-corrected chi connectivity index (χ3v) is 7.09. The molecule has 0 atom stereocenters. The minimum Gasteiger partial charge on any atom is -0.292 e. The molecule has 8 aromatic rings. The van der Waals surface area contributed by atoms with Crippen LogP contribution in [-0.4, -0.2) is 18.9 Å². The van der Waals surface area contributed by atoms with Crippen molar-refractivity contribution in [3.63, 3.8) is 0 Å². The lowest BCUT2D eigenvalue weighted by atomic mass is 10.0. The zero-order chi connectivity index (χ0) is 23.6. The van der Waals surface area contributed by atoms with Gasteiger partial charge in [0.05, 0.1) is 27.6 Å². The van der Waals surface area contributed by atoms with Crippen LogP contribution in [0, 0.1) is 0 Å². The van der Waals surface area contributed by atoms with Gasteiger partial charge in [0, 0.05) is 22.0 Å². The van der Waals surface area contributed by atoms with Crippen molar-refractivity contribution in [1.29, 1.82) is 0 Å².